The Bertz CT molecular complexity index is 2220. The van der Waals surface area contributed by atoms with Gasteiger partial charge in [-0.1, -0.05) is 78.9 Å². The van der Waals surface area contributed by atoms with Crippen LogP contribution >= 0.6 is 0 Å². The lowest BCUT2D eigenvalue weighted by Gasteiger charge is -2.11. The van der Waals surface area contributed by atoms with Crippen molar-refractivity contribution in [1.82, 2.24) is 9.13 Å². The zero-order chi connectivity index (χ0) is 26.8. The maximum Gasteiger partial charge on any atom is 0.0547 e. The first-order chi connectivity index (χ1) is 19.7. The maximum absolute atomic E-state index is 2.42. The number of allylic oxidation sites excluding steroid dienone is 2. The fraction of sp³-hybridized carbons (Fsp3) is 0.0526. The van der Waals surface area contributed by atoms with Gasteiger partial charge in [-0.3, -0.25) is 0 Å². The molecule has 0 saturated heterocycles. The molecule has 0 aliphatic heterocycles. The summed E-state index contributed by atoms with van der Waals surface area (Å²) in [6, 6.07) is 46.7. The van der Waals surface area contributed by atoms with Crippen molar-refractivity contribution in [2.24, 2.45) is 0 Å². The van der Waals surface area contributed by atoms with Gasteiger partial charge in [0.25, 0.3) is 0 Å². The number of rotatable bonds is 3. The van der Waals surface area contributed by atoms with Crippen molar-refractivity contribution in [3.05, 3.63) is 139 Å². The molecule has 6 aromatic carbocycles. The van der Waals surface area contributed by atoms with Crippen LogP contribution in [0.3, 0.4) is 0 Å². The van der Waals surface area contributed by atoms with E-state index in [4.69, 9.17) is 0 Å². The summed E-state index contributed by atoms with van der Waals surface area (Å²) in [6.45, 7) is 4.26. The number of aromatic nitrogens is 2. The van der Waals surface area contributed by atoms with E-state index in [0.717, 1.165) is 0 Å². The highest BCUT2D eigenvalue weighted by molar-refractivity contribution is 6.15. The van der Waals surface area contributed by atoms with E-state index in [1.807, 2.05) is 0 Å². The van der Waals surface area contributed by atoms with Gasteiger partial charge in [-0.05, 0) is 90.4 Å². The zero-order valence-corrected chi connectivity index (χ0v) is 22.6. The van der Waals surface area contributed by atoms with Gasteiger partial charge in [-0.25, -0.2) is 0 Å². The molecule has 2 aromatic heterocycles. The van der Waals surface area contributed by atoms with Gasteiger partial charge in [-0.15, -0.1) is 0 Å². The van der Waals surface area contributed by atoms with Gasteiger partial charge in [0.2, 0.25) is 0 Å². The van der Waals surface area contributed by atoms with E-state index in [1.54, 1.807) is 0 Å². The molecule has 0 N–H and O–H groups in total. The summed E-state index contributed by atoms with van der Waals surface area (Å²) in [6.07, 6.45) is 2.16. The van der Waals surface area contributed by atoms with E-state index >= 15 is 0 Å². The van der Waals surface area contributed by atoms with E-state index < -0.39 is 0 Å². The van der Waals surface area contributed by atoms with Crippen molar-refractivity contribution in [3.8, 4) is 11.4 Å². The monoisotopic (exact) mass is 512 g/mol. The smallest absolute Gasteiger partial charge is 0.0547 e. The Labute approximate surface area is 233 Å². The Kier molecular flexibility index (Phi) is 4.99. The third kappa shape index (κ3) is 3.29. The lowest BCUT2D eigenvalue weighted by molar-refractivity contribution is 1.16. The zero-order valence-electron chi connectivity index (χ0n) is 22.6. The molecule has 2 nitrogen and oxygen atoms in total. The minimum absolute atomic E-state index is 1.17. The van der Waals surface area contributed by atoms with Gasteiger partial charge < -0.3 is 9.13 Å². The molecule has 0 aliphatic rings. The van der Waals surface area contributed by atoms with Crippen LogP contribution < -0.4 is 0 Å². The Hall–Kier alpha value is -5.08. The van der Waals surface area contributed by atoms with Crippen LogP contribution in [0.15, 0.2) is 133 Å². The minimum Gasteiger partial charge on any atom is -0.309 e. The molecule has 2 heteroatoms. The summed E-state index contributed by atoms with van der Waals surface area (Å²) in [5, 5.41) is 7.60. The molecule has 0 radical (unpaired) electrons. The molecule has 0 amide bonds. The number of nitrogens with zero attached hydrogens (tertiary/aromatic N) is 2. The van der Waals surface area contributed by atoms with Crippen molar-refractivity contribution >= 4 is 60.0 Å². The van der Waals surface area contributed by atoms with Crippen LogP contribution in [0.5, 0.6) is 0 Å². The Morgan fingerprint density at radius 2 is 1.00 bits per heavy atom. The highest BCUT2D eigenvalue weighted by atomic mass is 15.0. The third-order valence-corrected chi connectivity index (χ3v) is 8.47. The molecule has 8 aromatic rings. The normalized spacial score (nSPS) is 12.4. The third-order valence-electron chi connectivity index (χ3n) is 8.47. The summed E-state index contributed by atoms with van der Waals surface area (Å²) in [5.74, 6) is 0. The molecule has 0 saturated carbocycles. The fourth-order valence-electron chi connectivity index (χ4n) is 6.35. The van der Waals surface area contributed by atoms with Crippen molar-refractivity contribution in [3.63, 3.8) is 0 Å². The fourth-order valence-corrected chi connectivity index (χ4v) is 6.35. The van der Waals surface area contributed by atoms with Gasteiger partial charge in [-0.2, -0.15) is 0 Å². The summed E-state index contributed by atoms with van der Waals surface area (Å²) in [4.78, 5) is 0. The van der Waals surface area contributed by atoms with E-state index in [9.17, 15) is 0 Å². The van der Waals surface area contributed by atoms with Crippen LogP contribution in [0.4, 0.5) is 0 Å². The molecular weight excluding hydrogens is 484 g/mol. The van der Waals surface area contributed by atoms with E-state index in [1.165, 1.54) is 76.9 Å². The lowest BCUT2D eigenvalue weighted by Crippen LogP contribution is -1.96. The average Bonchev–Trinajstić information content (AvgIpc) is 3.51. The maximum atomic E-state index is 2.42. The molecule has 2 heterocycles. The molecule has 0 bridgehead atoms. The van der Waals surface area contributed by atoms with Crippen molar-refractivity contribution in [2.45, 2.75) is 13.8 Å². The second kappa shape index (κ2) is 8.72. The van der Waals surface area contributed by atoms with Crippen LogP contribution in [0.1, 0.15) is 19.4 Å². The van der Waals surface area contributed by atoms with Crippen LogP contribution in [-0.4, -0.2) is 9.13 Å². The van der Waals surface area contributed by atoms with E-state index in [-0.39, 0.29) is 0 Å². The van der Waals surface area contributed by atoms with Crippen LogP contribution in [-0.2, 0) is 0 Å². The standard InChI is InChI=1S/C38H28N2/c1-3-25(2)26-16-18-29(19-17-26)39-37-21-20-30(24-34(37)33-22-27-10-4-5-11-28(27)23-38(33)39)40-35-14-8-6-12-31(35)32-13-7-9-15-36(32)40/h3-24H,1-2H3/b25-3+. The summed E-state index contributed by atoms with van der Waals surface area (Å²) in [7, 11) is 0. The second-order valence-electron chi connectivity index (χ2n) is 10.6. The summed E-state index contributed by atoms with van der Waals surface area (Å²) < 4.78 is 4.82. The van der Waals surface area contributed by atoms with E-state index in [0.29, 0.717) is 0 Å². The quantitative estimate of drug-likeness (QED) is 0.223. The first-order valence-corrected chi connectivity index (χ1v) is 13.9. The van der Waals surface area contributed by atoms with Gasteiger partial charge in [0, 0.05) is 32.9 Å². The molecule has 0 unspecified atom stereocenters. The van der Waals surface area contributed by atoms with Gasteiger partial charge in [0.15, 0.2) is 0 Å². The highest BCUT2D eigenvalue weighted by Crippen LogP contribution is 2.38. The first kappa shape index (κ1) is 22.9. The number of para-hydroxylation sites is 2. The molecule has 0 spiro atoms. The average molecular weight is 513 g/mol. The predicted molar refractivity (Wildman–Crippen MR) is 172 cm³/mol. The largest absolute Gasteiger partial charge is 0.309 e. The highest BCUT2D eigenvalue weighted by Gasteiger charge is 2.17. The number of hydrogen-bond donors (Lipinski definition) is 0. The predicted octanol–water partition coefficient (Wildman–Crippen LogP) is 10.5. The molecule has 190 valence electrons. The Balaban J connectivity index is 1.45. The van der Waals surface area contributed by atoms with Crippen molar-refractivity contribution in [1.29, 1.82) is 0 Å². The van der Waals surface area contributed by atoms with Crippen LogP contribution in [0.2, 0.25) is 0 Å². The van der Waals surface area contributed by atoms with Crippen molar-refractivity contribution in [2.75, 3.05) is 0 Å². The Morgan fingerprint density at radius 1 is 0.475 bits per heavy atom. The first-order valence-electron chi connectivity index (χ1n) is 13.9. The molecule has 8 rings (SSSR count). The topological polar surface area (TPSA) is 9.86 Å². The molecule has 0 fully saturated rings. The minimum atomic E-state index is 1.17. The number of benzene rings is 6. The summed E-state index contributed by atoms with van der Waals surface area (Å²) >= 11 is 0. The molecular formula is C38H28N2. The Morgan fingerprint density at radius 3 is 1.68 bits per heavy atom. The lowest BCUT2D eigenvalue weighted by atomic mass is 10.1. The van der Waals surface area contributed by atoms with E-state index in [2.05, 4.69) is 156 Å². The number of hydrogen-bond acceptors (Lipinski definition) is 0. The molecule has 0 atom stereocenters. The van der Waals surface area contributed by atoms with Gasteiger partial charge in [0.05, 0.1) is 22.1 Å². The summed E-state index contributed by atoms with van der Waals surface area (Å²) in [5.41, 5.74) is 9.79. The van der Waals surface area contributed by atoms with Gasteiger partial charge >= 0.3 is 0 Å². The molecule has 0 aliphatic carbocycles. The van der Waals surface area contributed by atoms with Crippen molar-refractivity contribution < 1.29 is 0 Å². The van der Waals surface area contributed by atoms with Gasteiger partial charge in [0.1, 0.15) is 0 Å². The van der Waals surface area contributed by atoms with Crippen LogP contribution in [0, 0.1) is 0 Å². The second-order valence-corrected chi connectivity index (χ2v) is 10.6. The SMILES string of the molecule is C/C=C(\C)c1ccc(-n2c3ccc(-n4c5ccccc5c5ccccc54)cc3c3cc4ccccc4cc32)cc1. The number of fused-ring (bicyclic) bond motifs is 7. The van der Waals surface area contributed by atoms with Crippen LogP contribution in [0.25, 0.3) is 71.3 Å². The molecule has 40 heavy (non-hydrogen) atoms.